The normalized spacial score (nSPS) is 27.6. The van der Waals surface area contributed by atoms with Crippen molar-refractivity contribution in [2.24, 2.45) is 11.8 Å². The molecule has 0 saturated carbocycles. The third kappa shape index (κ3) is 5.99. The van der Waals surface area contributed by atoms with Crippen LogP contribution < -0.4 is 4.90 Å². The van der Waals surface area contributed by atoms with Gasteiger partial charge >= 0.3 is 5.97 Å². The fraction of sp³-hybridized carbons (Fsp3) is 0.441. The first-order chi connectivity index (χ1) is 21.3. The molecule has 7 atom stereocenters. The van der Waals surface area contributed by atoms with E-state index in [1.165, 1.54) is 4.90 Å². The number of allylic oxidation sites excluding steroid dienone is 1. The molecule has 3 saturated heterocycles. The Labute approximate surface area is 271 Å². The second-order valence-corrected chi connectivity index (χ2v) is 13.2. The number of carbonyl (C=O) groups excluding carboxylic acids is 3. The van der Waals surface area contributed by atoms with Crippen LogP contribution in [0, 0.1) is 11.8 Å². The maximum atomic E-state index is 14.8. The number of benzene rings is 2. The number of anilines is 1. The number of rotatable bonds is 14. The van der Waals surface area contributed by atoms with E-state index < -0.39 is 41.6 Å². The SMILES string of the molecule is C=CCCCCOC(=O)[C@H]1[C@@H]2OC3(CC2Br)C(C(=O)N(CC=C)c2ccc(Cl)cc2)N([C@@H](CO)Cc2ccccc2)C(=O)[C@H]13. The van der Waals surface area contributed by atoms with Crippen LogP contribution >= 0.6 is 27.5 Å². The molecule has 2 amide bonds. The summed E-state index contributed by atoms with van der Waals surface area (Å²) in [5.41, 5.74) is 0.184. The second-order valence-electron chi connectivity index (χ2n) is 11.6. The standard InChI is InChI=1S/C34H38BrClN2O6/c1-3-5-6-10-18-43-33(42)27-28-31(40)38(25(21-39)19-22-11-8-7-9-12-22)30(34(28)20-26(35)29(27)44-34)32(41)37(17-4-2)24-15-13-23(36)14-16-24/h3-4,7-9,11-16,25-30,39H,1-2,5-6,10,17-21H2/t25-,26?,27-,28+,29-,30?,34?/m1/s1. The highest BCUT2D eigenvalue weighted by atomic mass is 79.9. The number of aliphatic hydroxyl groups excluding tert-OH is 1. The Morgan fingerprint density at radius 3 is 2.55 bits per heavy atom. The van der Waals surface area contributed by atoms with Gasteiger partial charge in [0.2, 0.25) is 5.91 Å². The van der Waals surface area contributed by atoms with Gasteiger partial charge in [0.15, 0.2) is 0 Å². The summed E-state index contributed by atoms with van der Waals surface area (Å²) in [6, 6.07) is 14.5. The van der Waals surface area contributed by atoms with Crippen LogP contribution in [0.3, 0.4) is 0 Å². The Morgan fingerprint density at radius 2 is 1.89 bits per heavy atom. The van der Waals surface area contributed by atoms with Crippen molar-refractivity contribution in [3.8, 4) is 0 Å². The molecule has 3 heterocycles. The first-order valence-electron chi connectivity index (χ1n) is 15.0. The lowest BCUT2D eigenvalue weighted by molar-refractivity contribution is -0.155. The first-order valence-corrected chi connectivity index (χ1v) is 16.3. The molecule has 5 rings (SSSR count). The molecule has 44 heavy (non-hydrogen) atoms. The molecule has 8 nitrogen and oxygen atoms in total. The number of ether oxygens (including phenoxy) is 2. The zero-order chi connectivity index (χ0) is 31.4. The van der Waals surface area contributed by atoms with Crippen LogP contribution in [0.2, 0.25) is 5.02 Å². The molecule has 1 N–H and O–H groups in total. The largest absolute Gasteiger partial charge is 0.465 e. The summed E-state index contributed by atoms with van der Waals surface area (Å²) in [5, 5.41) is 11.2. The minimum Gasteiger partial charge on any atom is -0.465 e. The van der Waals surface area contributed by atoms with Gasteiger partial charge in [-0.2, -0.15) is 0 Å². The number of hydrogen-bond acceptors (Lipinski definition) is 6. The van der Waals surface area contributed by atoms with Gasteiger partial charge in [0.05, 0.1) is 37.2 Å². The van der Waals surface area contributed by atoms with Crippen molar-refractivity contribution < 1.29 is 29.0 Å². The van der Waals surface area contributed by atoms with Crippen LogP contribution in [-0.4, -0.2) is 76.2 Å². The zero-order valence-corrected chi connectivity index (χ0v) is 26.9. The number of hydrogen-bond donors (Lipinski definition) is 1. The lowest BCUT2D eigenvalue weighted by atomic mass is 9.70. The maximum absolute atomic E-state index is 14.8. The van der Waals surface area contributed by atoms with Gasteiger partial charge in [-0.25, -0.2) is 0 Å². The van der Waals surface area contributed by atoms with Crippen LogP contribution in [0.25, 0.3) is 0 Å². The van der Waals surface area contributed by atoms with Crippen molar-refractivity contribution in [1.82, 2.24) is 4.90 Å². The number of unbranched alkanes of at least 4 members (excludes halogenated alkanes) is 2. The number of esters is 1. The number of carbonyl (C=O) groups is 3. The zero-order valence-electron chi connectivity index (χ0n) is 24.5. The number of halogens is 2. The summed E-state index contributed by atoms with van der Waals surface area (Å²) in [6.07, 6.45) is 5.79. The predicted molar refractivity (Wildman–Crippen MR) is 173 cm³/mol. The highest BCUT2D eigenvalue weighted by Crippen LogP contribution is 2.61. The highest BCUT2D eigenvalue weighted by Gasteiger charge is 2.77. The molecule has 3 aliphatic rings. The average Bonchev–Trinajstić information content (AvgIpc) is 3.62. The van der Waals surface area contributed by atoms with Crippen molar-refractivity contribution in [1.29, 1.82) is 0 Å². The molecule has 3 unspecified atom stereocenters. The quantitative estimate of drug-likeness (QED) is 0.129. The number of amides is 2. The van der Waals surface area contributed by atoms with E-state index in [1.807, 2.05) is 36.4 Å². The Hall–Kier alpha value is -2.98. The Kier molecular flexibility index (Phi) is 10.3. The summed E-state index contributed by atoms with van der Waals surface area (Å²) in [5.74, 6) is -3.09. The van der Waals surface area contributed by atoms with E-state index in [-0.39, 0.29) is 36.4 Å². The van der Waals surface area contributed by atoms with E-state index in [9.17, 15) is 19.5 Å². The smallest absolute Gasteiger partial charge is 0.312 e. The summed E-state index contributed by atoms with van der Waals surface area (Å²) < 4.78 is 12.3. The number of aliphatic hydroxyl groups is 1. The fourth-order valence-corrected chi connectivity index (χ4v) is 8.10. The van der Waals surface area contributed by atoms with Crippen molar-refractivity contribution in [3.63, 3.8) is 0 Å². The molecule has 3 fully saturated rings. The number of nitrogens with zero attached hydrogens (tertiary/aromatic N) is 2. The topological polar surface area (TPSA) is 96.4 Å². The van der Waals surface area contributed by atoms with Gasteiger partial charge in [-0.15, -0.1) is 13.2 Å². The lowest BCUT2D eigenvalue weighted by Crippen LogP contribution is -2.59. The van der Waals surface area contributed by atoms with Crippen LogP contribution in [0.4, 0.5) is 5.69 Å². The number of alkyl halides is 1. The summed E-state index contributed by atoms with van der Waals surface area (Å²) in [6.45, 7) is 7.59. The van der Waals surface area contributed by atoms with Crippen LogP contribution in [0.1, 0.15) is 31.2 Å². The highest BCUT2D eigenvalue weighted by molar-refractivity contribution is 9.09. The maximum Gasteiger partial charge on any atom is 0.312 e. The fourth-order valence-electron chi connectivity index (χ4n) is 7.03. The van der Waals surface area contributed by atoms with Crippen molar-refractivity contribution in [3.05, 3.63) is 90.5 Å². The van der Waals surface area contributed by atoms with Gasteiger partial charge in [-0.05, 0) is 61.9 Å². The first kappa shape index (κ1) is 32.4. The summed E-state index contributed by atoms with van der Waals surface area (Å²) in [7, 11) is 0. The molecule has 10 heteroatoms. The minimum absolute atomic E-state index is 0.166. The number of fused-ring (bicyclic) bond motifs is 1. The van der Waals surface area contributed by atoms with E-state index in [1.54, 1.807) is 35.2 Å². The lowest BCUT2D eigenvalue weighted by Gasteiger charge is -2.39. The molecular formula is C34H38BrClN2O6. The molecule has 3 aliphatic heterocycles. The summed E-state index contributed by atoms with van der Waals surface area (Å²) >= 11 is 9.85. The second kappa shape index (κ2) is 14.0. The monoisotopic (exact) mass is 684 g/mol. The van der Waals surface area contributed by atoms with Crippen molar-refractivity contribution in [2.45, 2.75) is 60.7 Å². The summed E-state index contributed by atoms with van der Waals surface area (Å²) in [4.78, 5) is 45.7. The molecule has 1 spiro atoms. The van der Waals surface area contributed by atoms with Gasteiger partial charge in [-0.3, -0.25) is 14.4 Å². The molecule has 0 radical (unpaired) electrons. The molecule has 0 aliphatic carbocycles. The minimum atomic E-state index is -1.30. The number of likely N-dealkylation sites (tertiary alicyclic amines) is 1. The molecular weight excluding hydrogens is 648 g/mol. The molecule has 2 bridgehead atoms. The van der Waals surface area contributed by atoms with E-state index in [0.717, 1.165) is 18.4 Å². The van der Waals surface area contributed by atoms with E-state index in [0.29, 0.717) is 30.0 Å². The Bertz CT molecular complexity index is 1370. The van der Waals surface area contributed by atoms with Gasteiger partial charge in [0.1, 0.15) is 11.6 Å². The van der Waals surface area contributed by atoms with Crippen LogP contribution in [0.15, 0.2) is 79.9 Å². The molecule has 2 aromatic carbocycles. The van der Waals surface area contributed by atoms with Crippen molar-refractivity contribution in [2.75, 3.05) is 24.7 Å². The molecule has 0 aromatic heterocycles. The van der Waals surface area contributed by atoms with Crippen LogP contribution in [-0.2, 0) is 30.3 Å². The van der Waals surface area contributed by atoms with Gasteiger partial charge in [0, 0.05) is 22.1 Å². The predicted octanol–water partition coefficient (Wildman–Crippen LogP) is 5.11. The van der Waals surface area contributed by atoms with E-state index in [4.69, 9.17) is 21.1 Å². The van der Waals surface area contributed by atoms with Crippen molar-refractivity contribution >= 4 is 51.0 Å². The van der Waals surface area contributed by atoms with Crippen LogP contribution in [0.5, 0.6) is 0 Å². The van der Waals surface area contributed by atoms with E-state index in [2.05, 4.69) is 29.1 Å². The van der Waals surface area contributed by atoms with Gasteiger partial charge in [0.25, 0.3) is 5.91 Å². The Morgan fingerprint density at radius 1 is 1.16 bits per heavy atom. The molecule has 234 valence electrons. The van der Waals surface area contributed by atoms with Gasteiger partial charge < -0.3 is 24.4 Å². The molecule has 2 aromatic rings. The van der Waals surface area contributed by atoms with E-state index >= 15 is 0 Å². The third-order valence-corrected chi connectivity index (χ3v) is 10.0. The van der Waals surface area contributed by atoms with Gasteiger partial charge in [-0.1, -0.05) is 70.0 Å². The Balaban J connectivity index is 1.55. The average molecular weight is 686 g/mol. The third-order valence-electron chi connectivity index (χ3n) is 8.91.